The molecule has 1 N–H and O–H groups in total. The van der Waals surface area contributed by atoms with Gasteiger partial charge in [0.25, 0.3) is 0 Å². The van der Waals surface area contributed by atoms with Crippen LogP contribution in [0, 0.1) is 12.8 Å². The van der Waals surface area contributed by atoms with Crippen molar-refractivity contribution in [2.45, 2.75) is 32.9 Å². The van der Waals surface area contributed by atoms with Crippen LogP contribution in [0.1, 0.15) is 22.9 Å². The van der Waals surface area contributed by atoms with Gasteiger partial charge in [0.15, 0.2) is 0 Å². The average Bonchev–Trinajstić information content (AvgIpc) is 3.29. The molecule has 4 nitrogen and oxygen atoms in total. The predicted molar refractivity (Wildman–Crippen MR) is 95.9 cm³/mol. The number of nitrogens with zero attached hydrogens (tertiary/aromatic N) is 3. The maximum Gasteiger partial charge on any atom is 0.133 e. The molecule has 6 heteroatoms. The fourth-order valence-corrected chi connectivity index (χ4v) is 4.78. The van der Waals surface area contributed by atoms with Gasteiger partial charge >= 0.3 is 0 Å². The quantitative estimate of drug-likeness (QED) is 0.767. The SMILES string of the molecule is Cc1nnc2n1C[C@H](CNCc1cc(-c3cccs3)cs1)CC2. The summed E-state index contributed by atoms with van der Waals surface area (Å²) in [6.07, 6.45) is 2.25. The van der Waals surface area contributed by atoms with Crippen molar-refractivity contribution < 1.29 is 0 Å². The largest absolute Gasteiger partial charge is 0.315 e. The monoisotopic (exact) mass is 344 g/mol. The molecule has 0 fully saturated rings. The fraction of sp³-hybridized carbons (Fsp3) is 0.412. The van der Waals surface area contributed by atoms with Crippen molar-refractivity contribution >= 4 is 22.7 Å². The summed E-state index contributed by atoms with van der Waals surface area (Å²) >= 11 is 3.65. The Labute approximate surface area is 144 Å². The van der Waals surface area contributed by atoms with E-state index in [1.165, 1.54) is 21.7 Å². The molecule has 0 amide bonds. The van der Waals surface area contributed by atoms with Crippen molar-refractivity contribution in [1.29, 1.82) is 0 Å². The number of hydrogen-bond donors (Lipinski definition) is 1. The number of fused-ring (bicyclic) bond motifs is 1. The highest BCUT2D eigenvalue weighted by Crippen LogP contribution is 2.29. The molecule has 0 saturated carbocycles. The first-order chi connectivity index (χ1) is 11.3. The summed E-state index contributed by atoms with van der Waals surface area (Å²) in [4.78, 5) is 2.76. The van der Waals surface area contributed by atoms with Crippen LogP contribution in [0.5, 0.6) is 0 Å². The van der Waals surface area contributed by atoms with E-state index in [1.54, 1.807) is 11.3 Å². The third-order valence-corrected chi connectivity index (χ3v) is 6.28. The Balaban J connectivity index is 1.30. The van der Waals surface area contributed by atoms with E-state index in [2.05, 4.69) is 49.0 Å². The highest BCUT2D eigenvalue weighted by atomic mass is 32.1. The highest BCUT2D eigenvalue weighted by molar-refractivity contribution is 7.14. The molecule has 4 heterocycles. The van der Waals surface area contributed by atoms with Gasteiger partial charge in [-0.05, 0) is 42.2 Å². The lowest BCUT2D eigenvalue weighted by atomic mass is 9.99. The number of rotatable bonds is 5. The van der Waals surface area contributed by atoms with Gasteiger partial charge < -0.3 is 9.88 Å². The van der Waals surface area contributed by atoms with Crippen molar-refractivity contribution in [3.63, 3.8) is 0 Å². The van der Waals surface area contributed by atoms with Gasteiger partial charge in [-0.3, -0.25) is 0 Å². The summed E-state index contributed by atoms with van der Waals surface area (Å²) < 4.78 is 2.27. The van der Waals surface area contributed by atoms with Gasteiger partial charge in [-0.25, -0.2) is 0 Å². The zero-order chi connectivity index (χ0) is 15.6. The summed E-state index contributed by atoms with van der Waals surface area (Å²) in [6, 6.07) is 6.61. The summed E-state index contributed by atoms with van der Waals surface area (Å²) in [5.74, 6) is 2.87. The van der Waals surface area contributed by atoms with Crippen molar-refractivity contribution in [3.05, 3.63) is 45.5 Å². The van der Waals surface area contributed by atoms with Crippen LogP contribution in [0.15, 0.2) is 29.0 Å². The summed E-state index contributed by atoms with van der Waals surface area (Å²) in [7, 11) is 0. The molecule has 4 rings (SSSR count). The van der Waals surface area contributed by atoms with Crippen LogP contribution in [0.2, 0.25) is 0 Å². The van der Waals surface area contributed by atoms with Gasteiger partial charge in [-0.2, -0.15) is 0 Å². The van der Waals surface area contributed by atoms with E-state index in [-0.39, 0.29) is 0 Å². The Kier molecular flexibility index (Phi) is 4.29. The molecule has 0 bridgehead atoms. The van der Waals surface area contributed by atoms with Crippen LogP contribution in [0.25, 0.3) is 10.4 Å². The number of thiophene rings is 2. The molecule has 1 atom stereocenters. The van der Waals surface area contributed by atoms with E-state index in [9.17, 15) is 0 Å². The third kappa shape index (κ3) is 3.24. The second-order valence-corrected chi connectivity index (χ2v) is 8.03. The lowest BCUT2D eigenvalue weighted by Gasteiger charge is -2.24. The van der Waals surface area contributed by atoms with Gasteiger partial charge in [0.1, 0.15) is 11.6 Å². The van der Waals surface area contributed by atoms with Crippen LogP contribution < -0.4 is 5.32 Å². The zero-order valence-electron chi connectivity index (χ0n) is 13.2. The smallest absolute Gasteiger partial charge is 0.133 e. The van der Waals surface area contributed by atoms with Crippen LogP contribution in [-0.2, 0) is 19.5 Å². The van der Waals surface area contributed by atoms with E-state index < -0.39 is 0 Å². The molecular weight excluding hydrogens is 324 g/mol. The lowest BCUT2D eigenvalue weighted by molar-refractivity contribution is 0.344. The topological polar surface area (TPSA) is 42.7 Å². The van der Waals surface area contributed by atoms with Crippen LogP contribution >= 0.6 is 22.7 Å². The predicted octanol–water partition coefficient (Wildman–Crippen LogP) is 3.73. The first-order valence-electron chi connectivity index (χ1n) is 8.00. The molecule has 1 aliphatic rings. The second kappa shape index (κ2) is 6.55. The number of aryl methyl sites for hydroxylation is 2. The van der Waals surface area contributed by atoms with Gasteiger partial charge in [0, 0.05) is 41.4 Å². The number of aromatic nitrogens is 3. The van der Waals surface area contributed by atoms with Crippen molar-refractivity contribution in [3.8, 4) is 10.4 Å². The molecule has 3 aromatic rings. The van der Waals surface area contributed by atoms with Gasteiger partial charge in [-0.15, -0.1) is 32.9 Å². The minimum Gasteiger partial charge on any atom is -0.315 e. The maximum absolute atomic E-state index is 4.24. The van der Waals surface area contributed by atoms with E-state index in [1.807, 2.05) is 18.3 Å². The molecule has 0 aliphatic carbocycles. The Morgan fingerprint density at radius 1 is 1.35 bits per heavy atom. The lowest BCUT2D eigenvalue weighted by Crippen LogP contribution is -2.30. The Morgan fingerprint density at radius 3 is 3.17 bits per heavy atom. The minimum absolute atomic E-state index is 0.675. The Hall–Kier alpha value is -1.50. The summed E-state index contributed by atoms with van der Waals surface area (Å²) in [6.45, 7) is 5.11. The summed E-state index contributed by atoms with van der Waals surface area (Å²) in [5.41, 5.74) is 1.35. The molecule has 1 aliphatic heterocycles. The molecular formula is C17H20N4S2. The molecule has 3 aromatic heterocycles. The first kappa shape index (κ1) is 15.1. The van der Waals surface area contributed by atoms with Gasteiger partial charge in [0.2, 0.25) is 0 Å². The van der Waals surface area contributed by atoms with Gasteiger partial charge in [0.05, 0.1) is 0 Å². The molecule has 0 unspecified atom stereocenters. The number of hydrogen-bond acceptors (Lipinski definition) is 5. The molecule has 120 valence electrons. The van der Waals surface area contributed by atoms with Crippen LogP contribution in [0.4, 0.5) is 0 Å². The molecule has 0 spiro atoms. The molecule has 0 radical (unpaired) electrons. The van der Waals surface area contributed by atoms with Crippen molar-refractivity contribution in [2.24, 2.45) is 5.92 Å². The van der Waals surface area contributed by atoms with E-state index in [0.29, 0.717) is 5.92 Å². The van der Waals surface area contributed by atoms with E-state index >= 15 is 0 Å². The number of nitrogens with one attached hydrogen (secondary N) is 1. The van der Waals surface area contributed by atoms with Gasteiger partial charge in [-0.1, -0.05) is 6.07 Å². The zero-order valence-corrected chi connectivity index (χ0v) is 14.8. The first-order valence-corrected chi connectivity index (χ1v) is 9.76. The normalized spacial score (nSPS) is 17.3. The average molecular weight is 345 g/mol. The standard InChI is InChI=1S/C17H20N4S2/c1-12-19-20-17-5-4-13(10-21(12)17)8-18-9-15-7-14(11-23-15)16-3-2-6-22-16/h2-3,6-7,11,13,18H,4-5,8-10H2,1H3/t13-/m0/s1. The second-order valence-electron chi connectivity index (χ2n) is 6.09. The fourth-order valence-electron chi connectivity index (χ4n) is 3.14. The molecule has 0 saturated heterocycles. The Morgan fingerprint density at radius 2 is 2.30 bits per heavy atom. The van der Waals surface area contributed by atoms with Crippen molar-refractivity contribution in [2.75, 3.05) is 6.54 Å². The van der Waals surface area contributed by atoms with Crippen LogP contribution in [-0.4, -0.2) is 21.3 Å². The Bertz CT molecular complexity index is 772. The van der Waals surface area contributed by atoms with E-state index in [0.717, 1.165) is 37.7 Å². The molecule has 23 heavy (non-hydrogen) atoms. The third-order valence-electron chi connectivity index (χ3n) is 4.42. The minimum atomic E-state index is 0.675. The van der Waals surface area contributed by atoms with E-state index in [4.69, 9.17) is 0 Å². The highest BCUT2D eigenvalue weighted by Gasteiger charge is 2.21. The van der Waals surface area contributed by atoms with Crippen LogP contribution in [0.3, 0.4) is 0 Å². The summed E-state index contributed by atoms with van der Waals surface area (Å²) in [5, 5.41) is 16.5. The maximum atomic E-state index is 4.24. The van der Waals surface area contributed by atoms with Crippen molar-refractivity contribution in [1.82, 2.24) is 20.1 Å². The molecule has 0 aromatic carbocycles.